The molecule has 0 atom stereocenters. The molecule has 0 aliphatic rings. The first-order valence-corrected chi connectivity index (χ1v) is 8.70. The fraction of sp³-hybridized carbons (Fsp3) is 0.211. The number of nitrogens with zero attached hydrogens (tertiary/aromatic N) is 3. The Morgan fingerprint density at radius 2 is 1.76 bits per heavy atom. The summed E-state index contributed by atoms with van der Waals surface area (Å²) >= 11 is 3.48. The maximum atomic E-state index is 12.6. The zero-order valence-corrected chi connectivity index (χ0v) is 15.7. The van der Waals surface area contributed by atoms with Gasteiger partial charge in [0.05, 0.1) is 11.1 Å². The van der Waals surface area contributed by atoms with Gasteiger partial charge < -0.3 is 4.90 Å². The van der Waals surface area contributed by atoms with Crippen molar-refractivity contribution in [2.75, 3.05) is 7.05 Å². The van der Waals surface area contributed by atoms with Crippen molar-refractivity contribution in [3.05, 3.63) is 74.6 Å². The Balaban J connectivity index is 1.83. The number of aryl methyl sites for hydroxylation is 1. The fourth-order valence-corrected chi connectivity index (χ4v) is 3.14. The molecule has 0 N–H and O–H groups in total. The molecule has 0 saturated carbocycles. The van der Waals surface area contributed by atoms with Gasteiger partial charge in [0.1, 0.15) is 6.54 Å². The van der Waals surface area contributed by atoms with E-state index in [2.05, 4.69) is 21.0 Å². The van der Waals surface area contributed by atoms with E-state index in [1.54, 1.807) is 18.0 Å². The van der Waals surface area contributed by atoms with E-state index in [4.69, 9.17) is 0 Å². The molecule has 1 amide bonds. The second-order valence-electron chi connectivity index (χ2n) is 5.94. The van der Waals surface area contributed by atoms with Gasteiger partial charge in [0, 0.05) is 23.5 Å². The third kappa shape index (κ3) is 3.64. The molecule has 0 fully saturated rings. The zero-order chi connectivity index (χ0) is 18.0. The highest BCUT2D eigenvalue weighted by Gasteiger charge is 2.15. The fourth-order valence-electron chi connectivity index (χ4n) is 2.73. The first kappa shape index (κ1) is 17.4. The molecule has 6 heteroatoms. The second kappa shape index (κ2) is 7.19. The lowest BCUT2D eigenvalue weighted by molar-refractivity contribution is -0.131. The molecule has 3 aromatic rings. The minimum Gasteiger partial charge on any atom is -0.340 e. The summed E-state index contributed by atoms with van der Waals surface area (Å²) in [6, 6.07) is 15.1. The summed E-state index contributed by atoms with van der Waals surface area (Å²) in [7, 11) is 1.72. The summed E-state index contributed by atoms with van der Waals surface area (Å²) in [5.74, 6) is -0.167. The molecule has 0 saturated heterocycles. The molecule has 1 aromatic heterocycles. The Kier molecular flexibility index (Phi) is 4.99. The molecular formula is C19H18BrN3O2. The van der Waals surface area contributed by atoms with E-state index in [0.29, 0.717) is 11.9 Å². The van der Waals surface area contributed by atoms with Gasteiger partial charge in [0.2, 0.25) is 5.91 Å². The van der Waals surface area contributed by atoms with Crippen molar-refractivity contribution >= 4 is 32.6 Å². The molecule has 0 radical (unpaired) electrons. The van der Waals surface area contributed by atoms with Gasteiger partial charge in [0.25, 0.3) is 5.56 Å². The summed E-state index contributed by atoms with van der Waals surface area (Å²) < 4.78 is 2.20. The molecule has 5 nitrogen and oxygen atoms in total. The highest BCUT2D eigenvalue weighted by atomic mass is 79.9. The highest BCUT2D eigenvalue weighted by molar-refractivity contribution is 9.10. The summed E-state index contributed by atoms with van der Waals surface area (Å²) in [6.07, 6.45) is 0. The van der Waals surface area contributed by atoms with Crippen molar-refractivity contribution in [2.24, 2.45) is 0 Å². The molecule has 128 valence electrons. The average molecular weight is 400 g/mol. The number of benzene rings is 2. The summed E-state index contributed by atoms with van der Waals surface area (Å²) in [4.78, 5) is 26.7. The average Bonchev–Trinajstić information content (AvgIpc) is 2.61. The van der Waals surface area contributed by atoms with E-state index < -0.39 is 0 Å². The number of aromatic nitrogens is 2. The van der Waals surface area contributed by atoms with Gasteiger partial charge in [-0.2, -0.15) is 5.10 Å². The minimum absolute atomic E-state index is 0.0779. The Bertz CT molecular complexity index is 997. The van der Waals surface area contributed by atoms with Crippen molar-refractivity contribution in [1.29, 1.82) is 0 Å². The number of carbonyl (C=O) groups is 1. The molecule has 0 aliphatic carbocycles. The van der Waals surface area contributed by atoms with Gasteiger partial charge >= 0.3 is 0 Å². The lowest BCUT2D eigenvalue weighted by Gasteiger charge is -2.18. The van der Waals surface area contributed by atoms with E-state index >= 15 is 0 Å². The molecular weight excluding hydrogens is 382 g/mol. The van der Waals surface area contributed by atoms with E-state index in [0.717, 1.165) is 21.1 Å². The van der Waals surface area contributed by atoms with E-state index in [9.17, 15) is 9.59 Å². The molecule has 2 aromatic carbocycles. The maximum absolute atomic E-state index is 12.6. The smallest absolute Gasteiger partial charge is 0.275 e. The number of likely N-dealkylation sites (N-methyl/N-ethyl adjacent to an activating group) is 1. The quantitative estimate of drug-likeness (QED) is 0.676. The normalized spacial score (nSPS) is 10.8. The predicted molar refractivity (Wildman–Crippen MR) is 101 cm³/mol. The van der Waals surface area contributed by atoms with Crippen LogP contribution in [-0.2, 0) is 17.9 Å². The van der Waals surface area contributed by atoms with Crippen LogP contribution in [0.2, 0.25) is 0 Å². The number of amides is 1. The van der Waals surface area contributed by atoms with Crippen LogP contribution in [0.15, 0.2) is 57.8 Å². The van der Waals surface area contributed by atoms with Crippen molar-refractivity contribution in [3.63, 3.8) is 0 Å². The van der Waals surface area contributed by atoms with Crippen LogP contribution in [0, 0.1) is 6.92 Å². The Labute approximate surface area is 154 Å². The number of carbonyl (C=O) groups excluding carboxylic acids is 1. The lowest BCUT2D eigenvalue weighted by Crippen LogP contribution is -2.35. The Morgan fingerprint density at radius 1 is 1.12 bits per heavy atom. The predicted octanol–water partition coefficient (Wildman–Crippen LogP) is 3.13. The van der Waals surface area contributed by atoms with Crippen LogP contribution in [0.25, 0.3) is 10.8 Å². The second-order valence-corrected chi connectivity index (χ2v) is 6.79. The van der Waals surface area contributed by atoms with Crippen LogP contribution >= 0.6 is 15.9 Å². The summed E-state index contributed by atoms with van der Waals surface area (Å²) in [6.45, 7) is 2.22. The molecule has 0 bridgehead atoms. The van der Waals surface area contributed by atoms with Gasteiger partial charge in [-0.1, -0.05) is 52.3 Å². The van der Waals surface area contributed by atoms with Crippen molar-refractivity contribution in [2.45, 2.75) is 20.0 Å². The molecule has 0 spiro atoms. The van der Waals surface area contributed by atoms with E-state index in [-0.39, 0.29) is 18.0 Å². The van der Waals surface area contributed by atoms with E-state index in [1.807, 2.05) is 49.4 Å². The monoisotopic (exact) mass is 399 g/mol. The number of rotatable bonds is 4. The number of fused-ring (bicyclic) bond motifs is 1. The largest absolute Gasteiger partial charge is 0.340 e. The van der Waals surface area contributed by atoms with Gasteiger partial charge in [-0.05, 0) is 24.6 Å². The molecule has 1 heterocycles. The van der Waals surface area contributed by atoms with Crippen molar-refractivity contribution < 1.29 is 4.79 Å². The lowest BCUT2D eigenvalue weighted by atomic mass is 10.1. The SMILES string of the molecule is Cc1nn(CC(=O)N(C)Cc2ccccc2Br)c(=O)c2ccccc12. The van der Waals surface area contributed by atoms with Crippen LogP contribution in [0.5, 0.6) is 0 Å². The Morgan fingerprint density at radius 3 is 2.48 bits per heavy atom. The van der Waals surface area contributed by atoms with Crippen molar-refractivity contribution in [1.82, 2.24) is 14.7 Å². The topological polar surface area (TPSA) is 55.2 Å². The highest BCUT2D eigenvalue weighted by Crippen LogP contribution is 2.17. The van der Waals surface area contributed by atoms with Crippen LogP contribution in [0.4, 0.5) is 0 Å². The van der Waals surface area contributed by atoms with Crippen LogP contribution in [0.1, 0.15) is 11.3 Å². The molecule has 0 unspecified atom stereocenters. The molecule has 25 heavy (non-hydrogen) atoms. The summed E-state index contributed by atoms with van der Waals surface area (Å²) in [5.41, 5.74) is 1.49. The van der Waals surface area contributed by atoms with Gasteiger partial charge in [-0.25, -0.2) is 4.68 Å². The zero-order valence-electron chi connectivity index (χ0n) is 14.1. The molecule has 3 rings (SSSR count). The number of hydrogen-bond donors (Lipinski definition) is 0. The third-order valence-corrected chi connectivity index (χ3v) is 4.90. The first-order valence-electron chi connectivity index (χ1n) is 7.91. The van der Waals surface area contributed by atoms with Gasteiger partial charge in [-0.15, -0.1) is 0 Å². The van der Waals surface area contributed by atoms with Crippen LogP contribution in [-0.4, -0.2) is 27.6 Å². The summed E-state index contributed by atoms with van der Waals surface area (Å²) in [5, 5.41) is 5.69. The van der Waals surface area contributed by atoms with Crippen LogP contribution < -0.4 is 5.56 Å². The maximum Gasteiger partial charge on any atom is 0.275 e. The first-order chi connectivity index (χ1) is 12.0. The Hall–Kier alpha value is -2.47. The van der Waals surface area contributed by atoms with Gasteiger partial charge in [0.15, 0.2) is 0 Å². The van der Waals surface area contributed by atoms with Gasteiger partial charge in [-0.3, -0.25) is 9.59 Å². The number of halogens is 1. The number of hydrogen-bond acceptors (Lipinski definition) is 3. The third-order valence-electron chi connectivity index (χ3n) is 4.13. The standard InChI is InChI=1S/C19H18BrN3O2/c1-13-15-8-4-5-9-16(15)19(25)23(21-13)12-18(24)22(2)11-14-7-3-6-10-17(14)20/h3-10H,11-12H2,1-2H3. The van der Waals surface area contributed by atoms with E-state index in [1.165, 1.54) is 4.68 Å². The minimum atomic E-state index is -0.246. The molecule has 0 aliphatic heterocycles. The van der Waals surface area contributed by atoms with Crippen molar-refractivity contribution in [3.8, 4) is 0 Å². The van der Waals surface area contributed by atoms with Crippen LogP contribution in [0.3, 0.4) is 0 Å².